The van der Waals surface area contributed by atoms with Crippen LogP contribution < -0.4 is 4.90 Å². The molecule has 0 bridgehead atoms. The van der Waals surface area contributed by atoms with Gasteiger partial charge in [0.05, 0.1) is 0 Å². The lowest BCUT2D eigenvalue weighted by Crippen LogP contribution is -2.23. The zero-order valence-electron chi connectivity index (χ0n) is 19.1. The molecular formula is C31H31N. The normalized spacial score (nSPS) is 19.2. The van der Waals surface area contributed by atoms with E-state index < -0.39 is 0 Å². The molecule has 1 heteroatoms. The molecule has 0 saturated heterocycles. The number of benzene rings is 3. The van der Waals surface area contributed by atoms with Gasteiger partial charge in [-0.15, -0.1) is 0 Å². The third kappa shape index (κ3) is 4.21. The molecule has 0 radical (unpaired) electrons. The number of hydrogen-bond acceptors (Lipinski definition) is 1. The molecule has 0 fully saturated rings. The monoisotopic (exact) mass is 417 g/mol. The van der Waals surface area contributed by atoms with Gasteiger partial charge in [0.15, 0.2) is 0 Å². The molecule has 0 amide bonds. The van der Waals surface area contributed by atoms with Gasteiger partial charge in [-0.1, -0.05) is 79.2 Å². The molecule has 2 aliphatic carbocycles. The van der Waals surface area contributed by atoms with Crippen LogP contribution in [0.4, 0.5) is 11.4 Å². The summed E-state index contributed by atoms with van der Waals surface area (Å²) in [5.74, 6) is 0.437. The Bertz CT molecular complexity index is 1180. The first-order valence-corrected chi connectivity index (χ1v) is 11.8. The van der Waals surface area contributed by atoms with E-state index in [1.165, 1.54) is 64.2 Å². The maximum atomic E-state index is 2.46. The third-order valence-corrected chi connectivity index (χ3v) is 6.69. The van der Waals surface area contributed by atoms with Crippen LogP contribution in [0, 0.1) is 12.8 Å². The van der Waals surface area contributed by atoms with Crippen LogP contribution in [0.15, 0.2) is 108 Å². The molecule has 2 aliphatic rings. The molecule has 3 aromatic rings. The quantitative estimate of drug-likeness (QED) is 0.412. The van der Waals surface area contributed by atoms with Crippen LogP contribution in [0.25, 0.3) is 5.57 Å². The molecule has 5 rings (SSSR count). The van der Waals surface area contributed by atoms with E-state index in [9.17, 15) is 0 Å². The number of anilines is 2. The highest BCUT2D eigenvalue weighted by atomic mass is 15.2. The van der Waals surface area contributed by atoms with Gasteiger partial charge in [0.25, 0.3) is 0 Å². The molecule has 1 nitrogen and oxygen atoms in total. The number of fused-ring (bicyclic) bond motifs is 1. The second kappa shape index (κ2) is 9.04. The highest BCUT2D eigenvalue weighted by molar-refractivity contribution is 5.73. The van der Waals surface area contributed by atoms with Crippen molar-refractivity contribution in [1.29, 1.82) is 0 Å². The van der Waals surface area contributed by atoms with Gasteiger partial charge in [-0.3, -0.25) is 0 Å². The SMILES string of the molecule is Cc1ccc(N(C2=CC=C(/C=C3/CCCc4ccccc43)CC2C)c2ccccc2)cc1. The number of para-hydroxylation sites is 1. The van der Waals surface area contributed by atoms with Gasteiger partial charge in [0, 0.05) is 23.0 Å². The van der Waals surface area contributed by atoms with Crippen LogP contribution >= 0.6 is 0 Å². The average molecular weight is 418 g/mol. The van der Waals surface area contributed by atoms with Gasteiger partial charge in [-0.25, -0.2) is 0 Å². The molecule has 0 heterocycles. The summed E-state index contributed by atoms with van der Waals surface area (Å²) < 4.78 is 0. The van der Waals surface area contributed by atoms with E-state index in [-0.39, 0.29) is 0 Å². The summed E-state index contributed by atoms with van der Waals surface area (Å²) in [6.07, 6.45) is 11.8. The lowest BCUT2D eigenvalue weighted by atomic mass is 9.84. The van der Waals surface area contributed by atoms with Crippen LogP contribution in [-0.2, 0) is 6.42 Å². The Morgan fingerprint density at radius 2 is 1.50 bits per heavy atom. The lowest BCUT2D eigenvalue weighted by Gasteiger charge is -2.33. The predicted molar refractivity (Wildman–Crippen MR) is 137 cm³/mol. The van der Waals surface area contributed by atoms with E-state index in [2.05, 4.69) is 116 Å². The lowest BCUT2D eigenvalue weighted by molar-refractivity contribution is 0.655. The van der Waals surface area contributed by atoms with Gasteiger partial charge in [-0.2, -0.15) is 0 Å². The number of nitrogens with zero attached hydrogens (tertiary/aromatic N) is 1. The van der Waals surface area contributed by atoms with E-state index in [1.54, 1.807) is 0 Å². The summed E-state index contributed by atoms with van der Waals surface area (Å²) in [4.78, 5) is 2.42. The minimum absolute atomic E-state index is 0.437. The van der Waals surface area contributed by atoms with Gasteiger partial charge in [0.1, 0.15) is 0 Å². The van der Waals surface area contributed by atoms with E-state index in [0.29, 0.717) is 5.92 Å². The Labute approximate surface area is 192 Å². The van der Waals surface area contributed by atoms with Crippen molar-refractivity contribution < 1.29 is 0 Å². The molecule has 3 aromatic carbocycles. The summed E-state index contributed by atoms with van der Waals surface area (Å²) >= 11 is 0. The van der Waals surface area contributed by atoms with Crippen molar-refractivity contribution in [2.45, 2.75) is 39.5 Å². The second-order valence-electron chi connectivity index (χ2n) is 9.13. The van der Waals surface area contributed by atoms with Crippen molar-refractivity contribution in [3.63, 3.8) is 0 Å². The van der Waals surface area contributed by atoms with Crippen molar-refractivity contribution in [1.82, 2.24) is 0 Å². The van der Waals surface area contributed by atoms with E-state index in [0.717, 1.165) is 6.42 Å². The molecule has 0 aromatic heterocycles. The van der Waals surface area contributed by atoms with Crippen molar-refractivity contribution in [2.24, 2.45) is 5.92 Å². The Morgan fingerprint density at radius 1 is 0.781 bits per heavy atom. The van der Waals surface area contributed by atoms with Crippen LogP contribution in [0.1, 0.15) is 42.9 Å². The molecule has 1 atom stereocenters. The van der Waals surface area contributed by atoms with E-state index in [1.807, 2.05) is 0 Å². The van der Waals surface area contributed by atoms with Gasteiger partial charge in [0.2, 0.25) is 0 Å². The van der Waals surface area contributed by atoms with Crippen LogP contribution in [0.5, 0.6) is 0 Å². The highest BCUT2D eigenvalue weighted by Gasteiger charge is 2.23. The summed E-state index contributed by atoms with van der Waals surface area (Å²) in [5.41, 5.74) is 11.0. The Morgan fingerprint density at radius 3 is 2.28 bits per heavy atom. The number of hydrogen-bond donors (Lipinski definition) is 0. The molecule has 32 heavy (non-hydrogen) atoms. The number of aryl methyl sites for hydroxylation is 2. The van der Waals surface area contributed by atoms with E-state index in [4.69, 9.17) is 0 Å². The standard InChI is InChI=1S/C31H31N/c1-23-15-18-29(19-16-23)32(28-12-4-3-5-13-28)31-20-17-25(21-24(31)2)22-27-11-8-10-26-9-6-7-14-30(26)27/h3-7,9,12-20,22,24H,8,10-11,21H2,1-2H3/b27-22-. The fourth-order valence-corrected chi connectivity index (χ4v) is 5.03. The fraction of sp³-hybridized carbons (Fsp3) is 0.226. The Balaban J connectivity index is 1.51. The number of allylic oxidation sites excluding steroid dienone is 6. The summed E-state index contributed by atoms with van der Waals surface area (Å²) in [5, 5.41) is 0. The molecule has 0 spiro atoms. The van der Waals surface area contributed by atoms with Crippen molar-refractivity contribution in [3.8, 4) is 0 Å². The van der Waals surface area contributed by atoms with Crippen molar-refractivity contribution in [3.05, 3.63) is 125 Å². The predicted octanol–water partition coefficient (Wildman–Crippen LogP) is 8.40. The van der Waals surface area contributed by atoms with Gasteiger partial charge >= 0.3 is 0 Å². The maximum Gasteiger partial charge on any atom is 0.0458 e. The minimum atomic E-state index is 0.437. The first kappa shape index (κ1) is 20.6. The van der Waals surface area contributed by atoms with Crippen LogP contribution in [-0.4, -0.2) is 0 Å². The fourth-order valence-electron chi connectivity index (χ4n) is 5.03. The molecule has 0 N–H and O–H groups in total. The number of rotatable bonds is 4. The van der Waals surface area contributed by atoms with Crippen molar-refractivity contribution >= 4 is 16.9 Å². The first-order valence-electron chi connectivity index (χ1n) is 11.8. The maximum absolute atomic E-state index is 2.46. The largest absolute Gasteiger partial charge is 0.314 e. The molecule has 0 aliphatic heterocycles. The zero-order valence-corrected chi connectivity index (χ0v) is 19.1. The summed E-state index contributed by atoms with van der Waals surface area (Å²) in [7, 11) is 0. The minimum Gasteiger partial charge on any atom is -0.314 e. The van der Waals surface area contributed by atoms with Gasteiger partial charge in [-0.05, 0) is 85.2 Å². The molecular weight excluding hydrogens is 386 g/mol. The highest BCUT2D eigenvalue weighted by Crippen LogP contribution is 2.39. The Kier molecular flexibility index (Phi) is 5.81. The summed E-state index contributed by atoms with van der Waals surface area (Å²) in [6, 6.07) is 28.5. The topological polar surface area (TPSA) is 3.24 Å². The first-order chi connectivity index (χ1) is 15.7. The van der Waals surface area contributed by atoms with Gasteiger partial charge < -0.3 is 4.90 Å². The van der Waals surface area contributed by atoms with Crippen LogP contribution in [0.3, 0.4) is 0 Å². The second-order valence-corrected chi connectivity index (χ2v) is 9.13. The molecule has 1 unspecified atom stereocenters. The van der Waals surface area contributed by atoms with Crippen LogP contribution in [0.2, 0.25) is 0 Å². The Hall–Kier alpha value is -3.32. The van der Waals surface area contributed by atoms with Crippen molar-refractivity contribution in [2.75, 3.05) is 4.90 Å². The zero-order chi connectivity index (χ0) is 21.9. The smallest absolute Gasteiger partial charge is 0.0458 e. The third-order valence-electron chi connectivity index (χ3n) is 6.69. The average Bonchev–Trinajstić information content (AvgIpc) is 2.83. The van der Waals surface area contributed by atoms with E-state index >= 15 is 0 Å². The molecule has 160 valence electrons. The summed E-state index contributed by atoms with van der Waals surface area (Å²) in [6.45, 7) is 4.50. The molecule has 0 saturated carbocycles.